The molecule has 0 aliphatic heterocycles. The van der Waals surface area contributed by atoms with Crippen molar-refractivity contribution in [2.75, 3.05) is 0 Å². The number of nitrogens with two attached hydrogens (primary N) is 1. The van der Waals surface area contributed by atoms with Gasteiger partial charge in [-0.25, -0.2) is 0 Å². The number of hydrogen-bond donors (Lipinski definition) is 2. The molecule has 118 valence electrons. The zero-order valence-corrected chi connectivity index (χ0v) is 13.2. The van der Waals surface area contributed by atoms with Gasteiger partial charge in [-0.2, -0.15) is 0 Å². The minimum atomic E-state index is -0.761. The Labute approximate surface area is 124 Å². The van der Waals surface area contributed by atoms with Gasteiger partial charge in [0.25, 0.3) is 0 Å². The molecule has 1 aliphatic carbocycles. The van der Waals surface area contributed by atoms with E-state index in [4.69, 9.17) is 10.8 Å². The first-order valence-electron chi connectivity index (χ1n) is 8.56. The Morgan fingerprint density at radius 2 is 1.85 bits per heavy atom. The highest BCUT2D eigenvalue weighted by molar-refractivity contribution is 5.68. The fourth-order valence-corrected chi connectivity index (χ4v) is 3.66. The maximum absolute atomic E-state index is 10.9. The van der Waals surface area contributed by atoms with E-state index in [9.17, 15) is 4.79 Å². The van der Waals surface area contributed by atoms with Gasteiger partial charge in [-0.05, 0) is 18.8 Å². The van der Waals surface area contributed by atoms with E-state index >= 15 is 0 Å². The molecule has 1 saturated carbocycles. The van der Waals surface area contributed by atoms with Crippen molar-refractivity contribution in [3.8, 4) is 0 Å². The van der Waals surface area contributed by atoms with Crippen LogP contribution in [0.2, 0.25) is 0 Å². The van der Waals surface area contributed by atoms with Crippen LogP contribution >= 0.6 is 0 Å². The Morgan fingerprint density at radius 3 is 2.45 bits per heavy atom. The fraction of sp³-hybridized carbons (Fsp3) is 0.941. The van der Waals surface area contributed by atoms with Gasteiger partial charge in [-0.1, -0.05) is 71.1 Å². The highest BCUT2D eigenvalue weighted by atomic mass is 16.4. The second-order valence-corrected chi connectivity index (χ2v) is 6.79. The first kappa shape index (κ1) is 17.5. The summed E-state index contributed by atoms with van der Waals surface area (Å²) in [5.74, 6) is 0.198. The number of carboxylic acids is 1. The second kappa shape index (κ2) is 9.38. The summed E-state index contributed by atoms with van der Waals surface area (Å²) < 4.78 is 0. The first-order valence-corrected chi connectivity index (χ1v) is 8.56. The predicted octanol–water partition coefficient (Wildman–Crippen LogP) is 4.49. The first-order chi connectivity index (χ1) is 9.56. The Balaban J connectivity index is 2.14. The van der Waals surface area contributed by atoms with Gasteiger partial charge in [0.05, 0.1) is 6.42 Å². The molecule has 0 spiro atoms. The van der Waals surface area contributed by atoms with Gasteiger partial charge in [0, 0.05) is 5.54 Å². The molecular weight excluding hydrogens is 250 g/mol. The summed E-state index contributed by atoms with van der Waals surface area (Å²) in [6.07, 6.45) is 14.8. The van der Waals surface area contributed by atoms with E-state index in [1.165, 1.54) is 51.4 Å². The molecule has 1 atom stereocenters. The van der Waals surface area contributed by atoms with Crippen LogP contribution in [0.4, 0.5) is 0 Å². The Bertz CT molecular complexity index is 274. The Hall–Kier alpha value is -0.570. The van der Waals surface area contributed by atoms with E-state index < -0.39 is 11.5 Å². The molecule has 0 aromatic rings. The highest BCUT2D eigenvalue weighted by Crippen LogP contribution is 2.29. The number of carbonyl (C=O) groups is 1. The van der Waals surface area contributed by atoms with Crippen LogP contribution in [0, 0.1) is 5.92 Å². The molecule has 3 N–H and O–H groups in total. The molecule has 0 radical (unpaired) electrons. The largest absolute Gasteiger partial charge is 0.481 e. The summed E-state index contributed by atoms with van der Waals surface area (Å²) >= 11 is 0. The van der Waals surface area contributed by atoms with Crippen molar-refractivity contribution >= 4 is 5.97 Å². The van der Waals surface area contributed by atoms with Crippen molar-refractivity contribution in [1.29, 1.82) is 0 Å². The fourth-order valence-electron chi connectivity index (χ4n) is 3.66. The van der Waals surface area contributed by atoms with Crippen molar-refractivity contribution in [3.63, 3.8) is 0 Å². The van der Waals surface area contributed by atoms with Crippen molar-refractivity contribution in [3.05, 3.63) is 0 Å². The molecule has 1 fully saturated rings. The van der Waals surface area contributed by atoms with Gasteiger partial charge in [0.2, 0.25) is 0 Å². The molecule has 0 bridgehead atoms. The lowest BCUT2D eigenvalue weighted by Gasteiger charge is -2.27. The predicted molar refractivity (Wildman–Crippen MR) is 83.7 cm³/mol. The summed E-state index contributed by atoms with van der Waals surface area (Å²) in [6.45, 7) is 2.08. The van der Waals surface area contributed by atoms with Crippen LogP contribution in [-0.4, -0.2) is 16.6 Å². The Morgan fingerprint density at radius 1 is 1.15 bits per heavy atom. The van der Waals surface area contributed by atoms with E-state index in [1.807, 2.05) is 0 Å². The molecule has 0 aromatic carbocycles. The van der Waals surface area contributed by atoms with E-state index in [-0.39, 0.29) is 6.42 Å². The lowest BCUT2D eigenvalue weighted by molar-refractivity contribution is -0.138. The highest BCUT2D eigenvalue weighted by Gasteiger charge is 2.26. The monoisotopic (exact) mass is 283 g/mol. The molecule has 0 amide bonds. The standard InChI is InChI=1S/C17H33NO2/c1-2-12-17(18,14-16(19)20)13-8-4-7-11-15-9-5-3-6-10-15/h15H,2-14,18H2,1H3,(H,19,20). The van der Waals surface area contributed by atoms with Crippen molar-refractivity contribution in [1.82, 2.24) is 0 Å². The van der Waals surface area contributed by atoms with Crippen LogP contribution in [-0.2, 0) is 4.79 Å². The molecule has 3 heteroatoms. The van der Waals surface area contributed by atoms with Crippen molar-refractivity contribution in [2.45, 2.75) is 95.9 Å². The summed E-state index contributed by atoms with van der Waals surface area (Å²) in [7, 11) is 0. The third-order valence-corrected chi connectivity index (χ3v) is 4.76. The van der Waals surface area contributed by atoms with Gasteiger partial charge in [0.1, 0.15) is 0 Å². The van der Waals surface area contributed by atoms with Crippen LogP contribution in [0.25, 0.3) is 0 Å². The minimum Gasteiger partial charge on any atom is -0.481 e. The zero-order chi connectivity index (χ0) is 14.8. The van der Waals surface area contributed by atoms with Gasteiger partial charge in [-0.3, -0.25) is 4.79 Å². The Kier molecular flexibility index (Phi) is 8.20. The molecular formula is C17H33NO2. The summed E-state index contributed by atoms with van der Waals surface area (Å²) in [5.41, 5.74) is 5.77. The van der Waals surface area contributed by atoms with Crippen molar-refractivity contribution in [2.24, 2.45) is 11.7 Å². The number of hydrogen-bond acceptors (Lipinski definition) is 2. The third kappa shape index (κ3) is 7.28. The zero-order valence-electron chi connectivity index (χ0n) is 13.2. The van der Waals surface area contributed by atoms with Crippen LogP contribution in [0.3, 0.4) is 0 Å². The molecule has 20 heavy (non-hydrogen) atoms. The topological polar surface area (TPSA) is 63.3 Å². The normalized spacial score (nSPS) is 19.7. The molecule has 3 nitrogen and oxygen atoms in total. The summed E-state index contributed by atoms with van der Waals surface area (Å²) in [4.78, 5) is 10.9. The van der Waals surface area contributed by atoms with E-state index in [2.05, 4.69) is 6.92 Å². The number of carboxylic acid groups (broad SMARTS) is 1. The van der Waals surface area contributed by atoms with Crippen LogP contribution < -0.4 is 5.73 Å². The van der Waals surface area contributed by atoms with Gasteiger partial charge in [-0.15, -0.1) is 0 Å². The smallest absolute Gasteiger partial charge is 0.305 e. The van der Waals surface area contributed by atoms with Crippen LogP contribution in [0.5, 0.6) is 0 Å². The average molecular weight is 283 g/mol. The van der Waals surface area contributed by atoms with E-state index in [1.54, 1.807) is 0 Å². The SMILES string of the molecule is CCCC(N)(CCCCCC1CCCCC1)CC(=O)O. The average Bonchev–Trinajstić information content (AvgIpc) is 2.39. The molecule has 1 aliphatic rings. The second-order valence-electron chi connectivity index (χ2n) is 6.79. The quantitative estimate of drug-likeness (QED) is 0.581. The lowest BCUT2D eigenvalue weighted by Crippen LogP contribution is -2.41. The molecule has 0 saturated heterocycles. The van der Waals surface area contributed by atoms with E-state index in [0.29, 0.717) is 0 Å². The van der Waals surface area contributed by atoms with Crippen LogP contribution in [0.1, 0.15) is 90.4 Å². The summed E-state index contributed by atoms with van der Waals surface area (Å²) in [5, 5.41) is 8.97. The van der Waals surface area contributed by atoms with Crippen molar-refractivity contribution < 1.29 is 9.90 Å². The maximum Gasteiger partial charge on any atom is 0.305 e. The van der Waals surface area contributed by atoms with E-state index in [0.717, 1.165) is 31.6 Å². The number of aliphatic carboxylic acids is 1. The molecule has 1 rings (SSSR count). The molecule has 0 heterocycles. The maximum atomic E-state index is 10.9. The van der Waals surface area contributed by atoms with Gasteiger partial charge in [0.15, 0.2) is 0 Å². The van der Waals surface area contributed by atoms with Gasteiger partial charge >= 0.3 is 5.97 Å². The number of unbranched alkanes of at least 4 members (excludes halogenated alkanes) is 2. The lowest BCUT2D eigenvalue weighted by atomic mass is 9.83. The van der Waals surface area contributed by atoms with Gasteiger partial charge < -0.3 is 10.8 Å². The molecule has 1 unspecified atom stereocenters. The minimum absolute atomic E-state index is 0.115. The number of rotatable bonds is 10. The molecule has 0 aromatic heterocycles. The van der Waals surface area contributed by atoms with Crippen LogP contribution in [0.15, 0.2) is 0 Å². The third-order valence-electron chi connectivity index (χ3n) is 4.76. The summed E-state index contributed by atoms with van der Waals surface area (Å²) in [6, 6.07) is 0.